The van der Waals surface area contributed by atoms with Gasteiger partial charge in [0.15, 0.2) is 6.10 Å². The van der Waals surface area contributed by atoms with Gasteiger partial charge in [0.2, 0.25) is 0 Å². The van der Waals surface area contributed by atoms with Gasteiger partial charge in [-0.2, -0.15) is 0 Å². The number of fused-ring (bicyclic) bond motifs is 1. The van der Waals surface area contributed by atoms with Gasteiger partial charge in [-0.3, -0.25) is 4.79 Å². The molecule has 0 spiro atoms. The van der Waals surface area contributed by atoms with Crippen LogP contribution in [0.25, 0.3) is 0 Å². The highest BCUT2D eigenvalue weighted by atomic mass is 35.5. The van der Waals surface area contributed by atoms with Gasteiger partial charge in [0.25, 0.3) is 5.91 Å². The van der Waals surface area contributed by atoms with Crippen molar-refractivity contribution in [3.8, 4) is 0 Å². The van der Waals surface area contributed by atoms with Gasteiger partial charge >= 0.3 is 0 Å². The number of hydrogen-bond acceptors (Lipinski definition) is 3. The first-order valence-corrected chi connectivity index (χ1v) is 9.01. The molecule has 2 aromatic rings. The summed E-state index contributed by atoms with van der Waals surface area (Å²) in [4.78, 5) is 15.1. The lowest BCUT2D eigenvalue weighted by atomic mass is 9.89. The quantitative estimate of drug-likeness (QED) is 0.901. The lowest BCUT2D eigenvalue weighted by Gasteiger charge is -2.29. The molecule has 2 aromatic carbocycles. The minimum atomic E-state index is -0.474. The van der Waals surface area contributed by atoms with Crippen molar-refractivity contribution >= 4 is 18.3 Å². The number of amides is 1. The van der Waals surface area contributed by atoms with Crippen molar-refractivity contribution < 1.29 is 9.53 Å². The number of halogens is 1. The fourth-order valence-corrected chi connectivity index (χ4v) is 4.13. The van der Waals surface area contributed by atoms with Gasteiger partial charge in [0, 0.05) is 19.0 Å². The van der Waals surface area contributed by atoms with E-state index in [1.54, 1.807) is 0 Å². The molecule has 1 unspecified atom stereocenters. The zero-order valence-corrected chi connectivity index (χ0v) is 15.5. The van der Waals surface area contributed by atoms with E-state index in [0.29, 0.717) is 38.1 Å². The molecule has 1 fully saturated rings. The highest BCUT2D eigenvalue weighted by molar-refractivity contribution is 5.85. The molecule has 2 N–H and O–H groups in total. The molecule has 3 atom stereocenters. The van der Waals surface area contributed by atoms with E-state index in [4.69, 9.17) is 10.5 Å². The first kappa shape index (κ1) is 18.9. The van der Waals surface area contributed by atoms with Crippen LogP contribution in [0.4, 0.5) is 0 Å². The van der Waals surface area contributed by atoms with Gasteiger partial charge in [-0.25, -0.2) is 0 Å². The molecule has 2 aliphatic rings. The van der Waals surface area contributed by atoms with Gasteiger partial charge in [-0.15, -0.1) is 12.4 Å². The van der Waals surface area contributed by atoms with E-state index < -0.39 is 6.10 Å². The topological polar surface area (TPSA) is 55.6 Å². The van der Waals surface area contributed by atoms with Crippen LogP contribution >= 0.6 is 12.4 Å². The van der Waals surface area contributed by atoms with Crippen molar-refractivity contribution in [1.82, 2.24) is 4.90 Å². The van der Waals surface area contributed by atoms with Crippen molar-refractivity contribution in [2.24, 2.45) is 11.7 Å². The number of hydrogen-bond donors (Lipinski definition) is 1. The van der Waals surface area contributed by atoms with Crippen LogP contribution < -0.4 is 5.73 Å². The van der Waals surface area contributed by atoms with E-state index in [0.717, 1.165) is 12.0 Å². The molecule has 1 amide bonds. The number of ether oxygens (including phenoxy) is 1. The predicted octanol–water partition coefficient (Wildman–Crippen LogP) is 2.92. The average Bonchev–Trinajstić information content (AvgIpc) is 3.12. The minimum Gasteiger partial charge on any atom is -0.363 e. The van der Waals surface area contributed by atoms with E-state index in [9.17, 15) is 4.79 Å². The maximum atomic E-state index is 13.2. The van der Waals surface area contributed by atoms with E-state index in [1.807, 2.05) is 41.3 Å². The summed E-state index contributed by atoms with van der Waals surface area (Å²) in [6.07, 6.45) is 0.399. The maximum absolute atomic E-state index is 13.2. The molecule has 2 aliphatic heterocycles. The number of carbonyl (C=O) groups excluding carboxylic acids is 1. The third kappa shape index (κ3) is 3.50. The van der Waals surface area contributed by atoms with Crippen molar-refractivity contribution in [3.05, 3.63) is 71.3 Å². The first-order chi connectivity index (χ1) is 12.3. The van der Waals surface area contributed by atoms with Crippen molar-refractivity contribution in [3.63, 3.8) is 0 Å². The Morgan fingerprint density at radius 3 is 2.58 bits per heavy atom. The van der Waals surface area contributed by atoms with Crippen LogP contribution in [0.15, 0.2) is 54.6 Å². The van der Waals surface area contributed by atoms with E-state index >= 15 is 0 Å². The van der Waals surface area contributed by atoms with Crippen LogP contribution in [-0.2, 0) is 16.0 Å². The molecule has 0 bridgehead atoms. The summed E-state index contributed by atoms with van der Waals surface area (Å²) in [7, 11) is 0. The fourth-order valence-electron chi connectivity index (χ4n) is 4.13. The molecule has 0 radical (unpaired) electrons. The minimum absolute atomic E-state index is 0. The Balaban J connectivity index is 0.00000196. The number of nitrogens with zero attached hydrogens (tertiary/aromatic N) is 1. The molecule has 4 rings (SSSR count). The molecule has 138 valence electrons. The summed E-state index contributed by atoms with van der Waals surface area (Å²) in [6, 6.07) is 18.5. The van der Waals surface area contributed by atoms with Crippen molar-refractivity contribution in [1.29, 1.82) is 0 Å². The monoisotopic (exact) mass is 372 g/mol. The molecule has 2 heterocycles. The molecule has 26 heavy (non-hydrogen) atoms. The standard InChI is InChI=1S/C21H24N2O2.ClH/c22-12-17-13-23(14-19(17)15-6-2-1-3-7-15)21(24)20-18-9-5-4-8-16(18)10-11-25-20;/h1-9,17,19-20H,10-14,22H2;1H/t17-,19+,20?;/m1./s1. The Bertz CT molecular complexity index is 753. The Hall–Kier alpha value is -1.88. The van der Waals surface area contributed by atoms with Gasteiger partial charge in [-0.1, -0.05) is 54.6 Å². The lowest BCUT2D eigenvalue weighted by molar-refractivity contribution is -0.144. The van der Waals surface area contributed by atoms with E-state index in [-0.39, 0.29) is 18.3 Å². The maximum Gasteiger partial charge on any atom is 0.256 e. The second-order valence-electron chi connectivity index (χ2n) is 6.96. The Kier molecular flexibility index (Phi) is 5.97. The summed E-state index contributed by atoms with van der Waals surface area (Å²) in [5.74, 6) is 0.670. The summed E-state index contributed by atoms with van der Waals surface area (Å²) >= 11 is 0. The van der Waals surface area contributed by atoms with Crippen LogP contribution in [0.5, 0.6) is 0 Å². The molecule has 0 aliphatic carbocycles. The Morgan fingerprint density at radius 1 is 1.08 bits per heavy atom. The first-order valence-electron chi connectivity index (χ1n) is 9.01. The highest BCUT2D eigenvalue weighted by Gasteiger charge is 2.39. The van der Waals surface area contributed by atoms with Crippen molar-refractivity contribution in [2.75, 3.05) is 26.2 Å². The van der Waals surface area contributed by atoms with Crippen LogP contribution in [-0.4, -0.2) is 37.0 Å². The molecule has 1 saturated heterocycles. The van der Waals surface area contributed by atoms with Gasteiger partial charge in [0.05, 0.1) is 6.61 Å². The molecule has 5 heteroatoms. The zero-order valence-electron chi connectivity index (χ0n) is 14.7. The fraction of sp³-hybridized carbons (Fsp3) is 0.381. The van der Waals surface area contributed by atoms with Crippen molar-refractivity contribution in [2.45, 2.75) is 18.4 Å². The molecule has 0 saturated carbocycles. The number of benzene rings is 2. The molecular weight excluding hydrogens is 348 g/mol. The summed E-state index contributed by atoms with van der Waals surface area (Å²) in [6.45, 7) is 2.61. The number of likely N-dealkylation sites (tertiary alicyclic amines) is 1. The second-order valence-corrected chi connectivity index (χ2v) is 6.96. The van der Waals surface area contributed by atoms with E-state index in [2.05, 4.69) is 18.2 Å². The number of rotatable bonds is 3. The zero-order chi connectivity index (χ0) is 17.2. The van der Waals surface area contributed by atoms with Crippen LogP contribution in [0.1, 0.15) is 28.7 Å². The predicted molar refractivity (Wildman–Crippen MR) is 104 cm³/mol. The third-order valence-corrected chi connectivity index (χ3v) is 5.50. The Morgan fingerprint density at radius 2 is 1.81 bits per heavy atom. The summed E-state index contributed by atoms with van der Waals surface area (Å²) in [5, 5.41) is 0. The largest absolute Gasteiger partial charge is 0.363 e. The Labute approximate surface area is 160 Å². The normalized spacial score (nSPS) is 24.7. The third-order valence-electron chi connectivity index (χ3n) is 5.50. The summed E-state index contributed by atoms with van der Waals surface area (Å²) < 4.78 is 5.87. The molecular formula is C21H25ClN2O2. The molecule has 0 aromatic heterocycles. The highest BCUT2D eigenvalue weighted by Crippen LogP contribution is 2.35. The van der Waals surface area contributed by atoms with Gasteiger partial charge in [-0.05, 0) is 35.6 Å². The number of nitrogens with two attached hydrogens (primary N) is 1. The van der Waals surface area contributed by atoms with Crippen LogP contribution in [0, 0.1) is 5.92 Å². The smallest absolute Gasteiger partial charge is 0.256 e. The average molecular weight is 373 g/mol. The van der Waals surface area contributed by atoms with Crippen LogP contribution in [0.3, 0.4) is 0 Å². The number of carbonyl (C=O) groups is 1. The second kappa shape index (κ2) is 8.21. The van der Waals surface area contributed by atoms with Crippen LogP contribution in [0.2, 0.25) is 0 Å². The van der Waals surface area contributed by atoms with E-state index in [1.165, 1.54) is 11.1 Å². The molecule has 4 nitrogen and oxygen atoms in total. The SMILES string of the molecule is Cl.NC[C@@H]1CN(C(=O)C2OCCc3ccccc32)C[C@H]1c1ccccc1. The lowest BCUT2D eigenvalue weighted by Crippen LogP contribution is -2.37. The van der Waals surface area contributed by atoms with Gasteiger partial charge in [0.1, 0.15) is 0 Å². The summed E-state index contributed by atoms with van der Waals surface area (Å²) in [5.41, 5.74) is 9.51. The van der Waals surface area contributed by atoms with Gasteiger partial charge < -0.3 is 15.4 Å².